The van der Waals surface area contributed by atoms with Gasteiger partial charge < -0.3 is 15.4 Å². The first-order valence-corrected chi connectivity index (χ1v) is 13.9. The second kappa shape index (κ2) is 12.4. The lowest BCUT2D eigenvalue weighted by Crippen LogP contribution is -2.17. The molecule has 0 saturated heterocycles. The Morgan fingerprint density at radius 1 is 0.875 bits per heavy atom. The molecule has 2 N–H and O–H groups in total. The first-order valence-electron chi connectivity index (χ1n) is 11.2. The first kappa shape index (κ1) is 29.6. The number of nitro groups is 1. The van der Waals surface area contributed by atoms with E-state index in [0.29, 0.717) is 21.4 Å². The Bertz CT molecular complexity index is 1690. The average Bonchev–Trinajstić information content (AvgIpc) is 2.89. The van der Waals surface area contributed by atoms with E-state index in [9.17, 15) is 28.5 Å². The van der Waals surface area contributed by atoms with Crippen molar-refractivity contribution in [3.05, 3.63) is 118 Å². The molecular formula is C27H16Br2F2IN3O5. The number of esters is 2. The SMILES string of the molecule is Cc1cc(Br)ccc1Nc1c(C(=O)OC(=O)c2cc([N+](=O)[O-])ccc2Nc2ccc(I)cc2Br)ccc(F)c1F. The molecule has 0 spiro atoms. The fraction of sp³-hybridized carbons (Fsp3) is 0.0370. The number of ether oxygens (including phenoxy) is 1. The molecule has 4 aromatic rings. The molecule has 0 aliphatic rings. The summed E-state index contributed by atoms with van der Waals surface area (Å²) in [5.41, 5.74) is -0.0745. The van der Waals surface area contributed by atoms with Gasteiger partial charge in [0.2, 0.25) is 0 Å². The highest BCUT2D eigenvalue weighted by molar-refractivity contribution is 14.1. The van der Waals surface area contributed by atoms with E-state index in [-0.39, 0.29) is 11.3 Å². The molecule has 0 aromatic heterocycles. The third kappa shape index (κ3) is 6.64. The Balaban J connectivity index is 1.69. The molecule has 0 atom stereocenters. The number of hydrogen-bond donors (Lipinski definition) is 2. The van der Waals surface area contributed by atoms with Crippen LogP contribution in [-0.4, -0.2) is 16.9 Å². The summed E-state index contributed by atoms with van der Waals surface area (Å²) in [6, 6.07) is 15.4. The first-order chi connectivity index (χ1) is 18.9. The summed E-state index contributed by atoms with van der Waals surface area (Å²) in [6.07, 6.45) is 0. The van der Waals surface area contributed by atoms with E-state index in [1.54, 1.807) is 43.3 Å². The number of rotatable bonds is 7. The molecule has 204 valence electrons. The number of nitrogens with zero attached hydrogens (tertiary/aromatic N) is 1. The maximum atomic E-state index is 14.9. The van der Waals surface area contributed by atoms with Gasteiger partial charge in [-0.25, -0.2) is 18.4 Å². The van der Waals surface area contributed by atoms with E-state index < -0.39 is 45.4 Å². The predicted molar refractivity (Wildman–Crippen MR) is 162 cm³/mol. The van der Waals surface area contributed by atoms with Crippen molar-refractivity contribution in [2.75, 3.05) is 10.6 Å². The van der Waals surface area contributed by atoms with Crippen molar-refractivity contribution in [2.45, 2.75) is 6.92 Å². The Morgan fingerprint density at radius 3 is 2.23 bits per heavy atom. The molecule has 13 heteroatoms. The monoisotopic (exact) mass is 785 g/mol. The minimum atomic E-state index is -1.36. The smallest absolute Gasteiger partial charge is 0.348 e. The predicted octanol–water partition coefficient (Wildman–Crippen LogP) is 8.80. The van der Waals surface area contributed by atoms with Crippen LogP contribution in [-0.2, 0) is 4.74 Å². The molecule has 0 bridgehead atoms. The van der Waals surface area contributed by atoms with E-state index in [0.717, 1.165) is 26.2 Å². The summed E-state index contributed by atoms with van der Waals surface area (Å²) in [5, 5.41) is 17.1. The van der Waals surface area contributed by atoms with Gasteiger partial charge in [-0.05, 0) is 106 Å². The lowest BCUT2D eigenvalue weighted by Gasteiger charge is -2.15. The summed E-state index contributed by atoms with van der Waals surface area (Å²) in [4.78, 5) is 36.9. The Kier molecular flexibility index (Phi) is 9.15. The van der Waals surface area contributed by atoms with E-state index >= 15 is 0 Å². The minimum Gasteiger partial charge on any atom is -0.386 e. The lowest BCUT2D eigenvalue weighted by molar-refractivity contribution is -0.384. The number of anilines is 4. The number of carbonyl (C=O) groups excluding carboxylic acids is 2. The van der Waals surface area contributed by atoms with Gasteiger partial charge in [0.15, 0.2) is 11.6 Å². The number of benzene rings is 4. The molecule has 0 aliphatic heterocycles. The molecule has 0 saturated carbocycles. The summed E-state index contributed by atoms with van der Waals surface area (Å²) >= 11 is 8.84. The third-order valence-corrected chi connectivity index (χ3v) is 7.40. The Labute approximate surface area is 256 Å². The van der Waals surface area contributed by atoms with Gasteiger partial charge in [-0.1, -0.05) is 15.9 Å². The number of halogens is 5. The average molecular weight is 787 g/mol. The van der Waals surface area contributed by atoms with E-state index in [1.165, 1.54) is 12.1 Å². The Hall–Kier alpha value is -3.43. The second-order valence-electron chi connectivity index (χ2n) is 8.28. The fourth-order valence-corrected chi connectivity index (χ4v) is 5.47. The van der Waals surface area contributed by atoms with Crippen LogP contribution in [0.4, 0.5) is 37.2 Å². The normalized spacial score (nSPS) is 10.7. The Morgan fingerprint density at radius 2 is 1.55 bits per heavy atom. The van der Waals surface area contributed by atoms with Crippen LogP contribution in [0.2, 0.25) is 0 Å². The molecule has 0 aliphatic carbocycles. The summed E-state index contributed by atoms with van der Waals surface area (Å²) in [6.45, 7) is 1.72. The van der Waals surface area contributed by atoms with Crippen LogP contribution < -0.4 is 10.6 Å². The largest absolute Gasteiger partial charge is 0.386 e. The number of nitro benzene ring substituents is 1. The van der Waals surface area contributed by atoms with Crippen LogP contribution in [0.5, 0.6) is 0 Å². The van der Waals surface area contributed by atoms with Gasteiger partial charge in [0.05, 0.1) is 33.1 Å². The fourth-order valence-electron chi connectivity index (χ4n) is 3.60. The van der Waals surface area contributed by atoms with Crippen molar-refractivity contribution in [3.63, 3.8) is 0 Å². The van der Waals surface area contributed by atoms with Gasteiger partial charge in [-0.15, -0.1) is 0 Å². The van der Waals surface area contributed by atoms with Crippen LogP contribution >= 0.6 is 54.5 Å². The molecule has 0 radical (unpaired) electrons. The van der Waals surface area contributed by atoms with Crippen molar-refractivity contribution >= 4 is 94.8 Å². The molecule has 8 nitrogen and oxygen atoms in total. The van der Waals surface area contributed by atoms with Gasteiger partial charge >= 0.3 is 11.9 Å². The number of carbonyl (C=O) groups is 2. The number of non-ortho nitro benzene ring substituents is 1. The topological polar surface area (TPSA) is 111 Å². The van der Waals surface area contributed by atoms with E-state index in [2.05, 4.69) is 65.1 Å². The standard InChI is InChI=1S/C27H16Br2F2IN3O5/c1-13-10-14(28)2-7-21(13)34-25-17(5-6-20(30)24(25)31)26(36)40-27(37)18-12-16(35(38)39)4-9-22(18)33-23-8-3-15(32)11-19(23)29/h2-12,33-34H,1H3. The van der Waals surface area contributed by atoms with E-state index in [1.807, 2.05) is 0 Å². The number of nitrogens with one attached hydrogen (secondary N) is 2. The molecule has 0 fully saturated rings. The molecule has 0 unspecified atom stereocenters. The summed E-state index contributed by atoms with van der Waals surface area (Å²) in [7, 11) is 0. The van der Waals surface area contributed by atoms with Gasteiger partial charge in [-0.2, -0.15) is 0 Å². The molecule has 4 rings (SSSR count). The van der Waals surface area contributed by atoms with Crippen molar-refractivity contribution in [1.82, 2.24) is 0 Å². The van der Waals surface area contributed by atoms with Crippen LogP contribution in [0.25, 0.3) is 0 Å². The van der Waals surface area contributed by atoms with Crippen molar-refractivity contribution in [2.24, 2.45) is 0 Å². The van der Waals surface area contributed by atoms with Crippen LogP contribution in [0.3, 0.4) is 0 Å². The highest BCUT2D eigenvalue weighted by atomic mass is 127. The van der Waals surface area contributed by atoms with Gasteiger partial charge in [0.25, 0.3) is 5.69 Å². The van der Waals surface area contributed by atoms with Crippen molar-refractivity contribution < 1.29 is 28.0 Å². The summed E-state index contributed by atoms with van der Waals surface area (Å²) in [5.74, 6) is -5.12. The zero-order chi connectivity index (χ0) is 29.1. The van der Waals surface area contributed by atoms with Crippen LogP contribution in [0.15, 0.2) is 75.7 Å². The van der Waals surface area contributed by atoms with Crippen LogP contribution in [0.1, 0.15) is 26.3 Å². The van der Waals surface area contributed by atoms with Crippen molar-refractivity contribution in [1.29, 1.82) is 0 Å². The van der Waals surface area contributed by atoms with Gasteiger partial charge in [-0.3, -0.25) is 10.1 Å². The molecule has 4 aromatic carbocycles. The zero-order valence-corrected chi connectivity index (χ0v) is 25.6. The second-order valence-corrected chi connectivity index (χ2v) is 11.3. The van der Waals surface area contributed by atoms with Crippen molar-refractivity contribution in [3.8, 4) is 0 Å². The van der Waals surface area contributed by atoms with Gasteiger partial charge in [0, 0.05) is 30.3 Å². The van der Waals surface area contributed by atoms with E-state index in [4.69, 9.17) is 4.74 Å². The van der Waals surface area contributed by atoms with Gasteiger partial charge in [0.1, 0.15) is 0 Å². The number of hydrogen-bond acceptors (Lipinski definition) is 7. The van der Waals surface area contributed by atoms with Crippen LogP contribution in [0, 0.1) is 32.2 Å². The third-order valence-electron chi connectivity index (χ3n) is 5.58. The zero-order valence-electron chi connectivity index (χ0n) is 20.2. The molecule has 0 heterocycles. The minimum absolute atomic E-state index is 0.111. The molecule has 0 amide bonds. The highest BCUT2D eigenvalue weighted by Crippen LogP contribution is 2.33. The quantitative estimate of drug-likeness (QED) is 0.0634. The lowest BCUT2D eigenvalue weighted by atomic mass is 10.1. The maximum Gasteiger partial charge on any atom is 0.348 e. The summed E-state index contributed by atoms with van der Waals surface area (Å²) < 4.78 is 36.3. The molecular weight excluding hydrogens is 771 g/mol. The molecule has 40 heavy (non-hydrogen) atoms. The maximum absolute atomic E-state index is 14.9. The highest BCUT2D eigenvalue weighted by Gasteiger charge is 2.26. The number of aryl methyl sites for hydroxylation is 1.